The van der Waals surface area contributed by atoms with E-state index in [1.807, 2.05) is 24.3 Å². The molecule has 0 radical (unpaired) electrons. The maximum atomic E-state index is 11.3. The van der Waals surface area contributed by atoms with Crippen LogP contribution in [0.2, 0.25) is 0 Å². The molecule has 0 N–H and O–H groups in total. The Bertz CT molecular complexity index is 516. The molecule has 1 aromatic heterocycles. The number of hydrogen-bond donors (Lipinski definition) is 0. The van der Waals surface area contributed by atoms with Crippen LogP contribution in [0.15, 0.2) is 35.0 Å². The molecular weight excluding hydrogens is 206 g/mol. The first kappa shape index (κ1) is 10.4. The van der Waals surface area contributed by atoms with E-state index in [1.165, 1.54) is 13.1 Å². The van der Waals surface area contributed by atoms with Crippen molar-refractivity contribution >= 4 is 5.78 Å². The summed E-state index contributed by atoms with van der Waals surface area (Å²) in [4.78, 5) is 11.3. The zero-order chi connectivity index (χ0) is 11.5. The van der Waals surface area contributed by atoms with Gasteiger partial charge in [-0.1, -0.05) is 23.4 Å². The highest BCUT2D eigenvalue weighted by molar-refractivity contribution is 5.98. The number of ether oxygens (including phenoxy) is 1. The molecule has 4 nitrogen and oxygen atoms in total. The van der Waals surface area contributed by atoms with E-state index in [9.17, 15) is 4.79 Å². The number of rotatable bonds is 3. The lowest BCUT2D eigenvalue weighted by Gasteiger charge is -2.06. The molecule has 0 fully saturated rings. The van der Waals surface area contributed by atoms with Crippen molar-refractivity contribution in [3.8, 4) is 16.9 Å². The number of nitrogens with zero attached hydrogens (tertiary/aromatic N) is 1. The molecule has 4 heteroatoms. The van der Waals surface area contributed by atoms with Gasteiger partial charge < -0.3 is 9.26 Å². The molecule has 0 amide bonds. The molecule has 0 atom stereocenters. The van der Waals surface area contributed by atoms with Crippen LogP contribution in [0.3, 0.4) is 0 Å². The van der Waals surface area contributed by atoms with Gasteiger partial charge in [0.2, 0.25) is 5.76 Å². The van der Waals surface area contributed by atoms with E-state index in [1.54, 1.807) is 7.11 Å². The van der Waals surface area contributed by atoms with E-state index in [-0.39, 0.29) is 11.5 Å². The summed E-state index contributed by atoms with van der Waals surface area (Å²) in [5, 5.41) is 3.64. The lowest BCUT2D eigenvalue weighted by Crippen LogP contribution is -1.93. The average molecular weight is 217 g/mol. The number of ketones is 1. The van der Waals surface area contributed by atoms with Crippen LogP contribution in [0.1, 0.15) is 17.5 Å². The van der Waals surface area contributed by atoms with Gasteiger partial charge in [0.15, 0.2) is 5.78 Å². The predicted molar refractivity (Wildman–Crippen MR) is 58.5 cm³/mol. The quantitative estimate of drug-likeness (QED) is 0.741. The number of carbonyl (C=O) groups is 1. The zero-order valence-electron chi connectivity index (χ0n) is 9.06. The van der Waals surface area contributed by atoms with Gasteiger partial charge >= 0.3 is 0 Å². The molecule has 82 valence electrons. The predicted octanol–water partition coefficient (Wildman–Crippen LogP) is 2.55. The summed E-state index contributed by atoms with van der Waals surface area (Å²) in [5.41, 5.74) is 1.46. The number of methoxy groups -OCH3 is 1. The minimum atomic E-state index is -0.154. The van der Waals surface area contributed by atoms with Crippen molar-refractivity contribution in [3.05, 3.63) is 36.2 Å². The van der Waals surface area contributed by atoms with E-state index >= 15 is 0 Å². The Hall–Kier alpha value is -2.10. The third-order valence-corrected chi connectivity index (χ3v) is 2.29. The van der Waals surface area contributed by atoms with Crippen LogP contribution in [0.4, 0.5) is 0 Å². The van der Waals surface area contributed by atoms with Crippen LogP contribution in [0, 0.1) is 0 Å². The Balaban J connectivity index is 2.58. The third-order valence-electron chi connectivity index (χ3n) is 2.29. The fraction of sp³-hybridized carbons (Fsp3) is 0.167. The number of hydrogen-bond acceptors (Lipinski definition) is 4. The minimum Gasteiger partial charge on any atom is -0.496 e. The van der Waals surface area contributed by atoms with Crippen molar-refractivity contribution in [2.45, 2.75) is 6.92 Å². The lowest BCUT2D eigenvalue weighted by molar-refractivity contribution is 0.0979. The van der Waals surface area contributed by atoms with E-state index in [0.717, 1.165) is 5.56 Å². The van der Waals surface area contributed by atoms with Crippen molar-refractivity contribution in [1.82, 2.24) is 5.16 Å². The van der Waals surface area contributed by atoms with Gasteiger partial charge in [0.05, 0.1) is 18.9 Å². The van der Waals surface area contributed by atoms with Crippen LogP contribution >= 0.6 is 0 Å². The molecule has 0 bridgehead atoms. The summed E-state index contributed by atoms with van der Waals surface area (Å²) in [6.07, 6.45) is 1.52. The summed E-state index contributed by atoms with van der Waals surface area (Å²) < 4.78 is 10.1. The average Bonchev–Trinajstić information content (AvgIpc) is 2.77. The summed E-state index contributed by atoms with van der Waals surface area (Å²) in [6.45, 7) is 1.44. The summed E-state index contributed by atoms with van der Waals surface area (Å²) in [5.74, 6) is 0.788. The van der Waals surface area contributed by atoms with Crippen LogP contribution in [-0.2, 0) is 0 Å². The van der Waals surface area contributed by atoms with Gasteiger partial charge in [0, 0.05) is 12.5 Å². The topological polar surface area (TPSA) is 52.3 Å². The van der Waals surface area contributed by atoms with Crippen LogP contribution in [0.25, 0.3) is 11.1 Å². The van der Waals surface area contributed by atoms with E-state index in [0.29, 0.717) is 11.3 Å². The highest BCUT2D eigenvalue weighted by Gasteiger charge is 2.17. The standard InChI is InChI=1S/C12H11NO3/c1-8(14)12-10(7-13-16-12)9-5-3-4-6-11(9)15-2/h3-7H,1-2H3. The third kappa shape index (κ3) is 1.69. The number of benzene rings is 1. The van der Waals surface area contributed by atoms with Crippen molar-refractivity contribution in [3.63, 3.8) is 0 Å². The van der Waals surface area contributed by atoms with Gasteiger partial charge in [-0.15, -0.1) is 0 Å². The first-order valence-electron chi connectivity index (χ1n) is 4.83. The maximum absolute atomic E-state index is 11.3. The Kier molecular flexibility index (Phi) is 2.72. The first-order valence-corrected chi connectivity index (χ1v) is 4.83. The van der Waals surface area contributed by atoms with Gasteiger partial charge in [0.25, 0.3) is 0 Å². The SMILES string of the molecule is COc1ccccc1-c1cnoc1C(C)=O. The molecule has 0 saturated heterocycles. The van der Waals surface area contributed by atoms with Crippen LogP contribution in [-0.4, -0.2) is 18.0 Å². The van der Waals surface area contributed by atoms with Crippen molar-refractivity contribution < 1.29 is 14.1 Å². The normalized spacial score (nSPS) is 10.1. The number of carbonyl (C=O) groups excluding carboxylic acids is 1. The van der Waals surface area contributed by atoms with Gasteiger partial charge in [-0.25, -0.2) is 0 Å². The fourth-order valence-corrected chi connectivity index (χ4v) is 1.55. The molecule has 0 unspecified atom stereocenters. The highest BCUT2D eigenvalue weighted by atomic mass is 16.5. The van der Waals surface area contributed by atoms with Crippen molar-refractivity contribution in [1.29, 1.82) is 0 Å². The molecule has 16 heavy (non-hydrogen) atoms. The molecule has 0 spiro atoms. The molecule has 1 aromatic carbocycles. The zero-order valence-corrected chi connectivity index (χ0v) is 9.06. The molecule has 0 aliphatic heterocycles. The Labute approximate surface area is 92.8 Å². The maximum Gasteiger partial charge on any atom is 0.210 e. The van der Waals surface area contributed by atoms with Gasteiger partial charge in [-0.05, 0) is 6.07 Å². The second-order valence-electron chi connectivity index (χ2n) is 3.33. The minimum absolute atomic E-state index is 0.154. The van der Waals surface area contributed by atoms with E-state index < -0.39 is 0 Å². The van der Waals surface area contributed by atoms with Gasteiger partial charge in [0.1, 0.15) is 5.75 Å². The largest absolute Gasteiger partial charge is 0.496 e. The van der Waals surface area contributed by atoms with Crippen LogP contribution < -0.4 is 4.74 Å². The summed E-state index contributed by atoms with van der Waals surface area (Å²) in [7, 11) is 1.58. The van der Waals surface area contributed by atoms with E-state index in [2.05, 4.69) is 5.16 Å². The van der Waals surface area contributed by atoms with Crippen molar-refractivity contribution in [2.24, 2.45) is 0 Å². The van der Waals surface area contributed by atoms with Gasteiger partial charge in [-0.2, -0.15) is 0 Å². The van der Waals surface area contributed by atoms with Gasteiger partial charge in [-0.3, -0.25) is 4.79 Å². The highest BCUT2D eigenvalue weighted by Crippen LogP contribution is 2.31. The van der Waals surface area contributed by atoms with Crippen molar-refractivity contribution in [2.75, 3.05) is 7.11 Å². The monoisotopic (exact) mass is 217 g/mol. The Morgan fingerprint density at radius 2 is 2.06 bits per heavy atom. The number of Topliss-reactive ketones (excluding diaryl/α,β-unsaturated/α-hetero) is 1. The second-order valence-corrected chi connectivity index (χ2v) is 3.33. The Morgan fingerprint density at radius 3 is 2.75 bits per heavy atom. The molecular formula is C12H11NO3. The number of aromatic nitrogens is 1. The smallest absolute Gasteiger partial charge is 0.210 e. The van der Waals surface area contributed by atoms with Crippen LogP contribution in [0.5, 0.6) is 5.75 Å². The molecule has 2 aromatic rings. The first-order chi connectivity index (χ1) is 7.74. The second kappa shape index (κ2) is 4.18. The Morgan fingerprint density at radius 1 is 1.31 bits per heavy atom. The molecule has 0 aliphatic carbocycles. The summed E-state index contributed by atoms with van der Waals surface area (Å²) in [6, 6.07) is 7.42. The fourth-order valence-electron chi connectivity index (χ4n) is 1.55. The summed E-state index contributed by atoms with van der Waals surface area (Å²) >= 11 is 0. The lowest BCUT2D eigenvalue weighted by atomic mass is 10.0. The van der Waals surface area contributed by atoms with E-state index in [4.69, 9.17) is 9.26 Å². The molecule has 0 aliphatic rings. The number of para-hydroxylation sites is 1. The molecule has 2 rings (SSSR count). The molecule has 1 heterocycles. The molecule has 0 saturated carbocycles.